The van der Waals surface area contributed by atoms with Gasteiger partial charge in [-0.15, -0.1) is 5.26 Å². The molecule has 0 N–H and O–H groups in total. The Kier molecular flexibility index (Phi) is 7.92. The fourth-order valence-electron chi connectivity index (χ4n) is 0.162. The maximum atomic E-state index is 7.99. The van der Waals surface area contributed by atoms with E-state index < -0.39 is 0 Å². The Bertz CT molecular complexity index is 175. The second kappa shape index (κ2) is 7.00. The lowest BCUT2D eigenvalue weighted by atomic mass is 10.8. The Hall–Kier alpha value is 1.32. The second-order valence-corrected chi connectivity index (χ2v) is 6.45. The first-order valence-electron chi connectivity index (χ1n) is 2.05. The molecule has 0 spiro atoms. The fourth-order valence-corrected chi connectivity index (χ4v) is 1.68. The lowest BCUT2D eigenvalue weighted by Crippen LogP contribution is -1.77. The van der Waals surface area contributed by atoms with E-state index in [0.29, 0.717) is 5.75 Å². The minimum absolute atomic E-state index is 0.706. The normalized spacial score (nSPS) is 11.8. The summed E-state index contributed by atoms with van der Waals surface area (Å²) in [6.07, 6.45) is 1.58. The summed E-state index contributed by atoms with van der Waals surface area (Å²) in [6, 6.07) is 0. The third-order valence-electron chi connectivity index (χ3n) is 0.487. The van der Waals surface area contributed by atoms with Crippen LogP contribution < -0.4 is 0 Å². The van der Waals surface area contributed by atoms with Crippen molar-refractivity contribution in [2.45, 2.75) is 0 Å². The van der Waals surface area contributed by atoms with Gasteiger partial charge in [0, 0.05) is 3.58 Å². The van der Waals surface area contributed by atoms with Crippen LogP contribution in [0.15, 0.2) is 6.07 Å². The SMILES string of the molecule is N#COSCC(I)=C(Br)I. The Morgan fingerprint density at radius 3 is 2.70 bits per heavy atom. The minimum atomic E-state index is 0.706. The van der Waals surface area contributed by atoms with Gasteiger partial charge in [-0.05, 0) is 61.1 Å². The summed E-state index contributed by atoms with van der Waals surface area (Å²) in [5.74, 6) is 0.706. The van der Waals surface area contributed by atoms with E-state index in [2.05, 4.69) is 65.3 Å². The first-order chi connectivity index (χ1) is 4.68. The zero-order valence-corrected chi connectivity index (χ0v) is 11.3. The van der Waals surface area contributed by atoms with E-state index in [9.17, 15) is 0 Å². The molecule has 0 aromatic carbocycles. The molecule has 0 fully saturated rings. The molecule has 0 amide bonds. The van der Waals surface area contributed by atoms with Crippen LogP contribution in [-0.2, 0) is 4.18 Å². The van der Waals surface area contributed by atoms with E-state index >= 15 is 0 Å². The average Bonchev–Trinajstić information content (AvgIpc) is 1.88. The molecule has 0 aliphatic rings. The quantitative estimate of drug-likeness (QED) is 0.288. The van der Waals surface area contributed by atoms with Crippen molar-refractivity contribution in [1.29, 1.82) is 5.26 Å². The molecule has 0 saturated heterocycles. The number of rotatable bonds is 3. The summed E-state index contributed by atoms with van der Waals surface area (Å²) in [6.45, 7) is 0. The second-order valence-electron chi connectivity index (χ2n) is 1.10. The predicted molar refractivity (Wildman–Crippen MR) is 63.1 cm³/mol. The molecule has 6 heteroatoms. The smallest absolute Gasteiger partial charge is 0.299 e. The molecule has 0 bridgehead atoms. The van der Waals surface area contributed by atoms with Crippen LogP contribution in [0, 0.1) is 11.5 Å². The monoisotopic (exact) mass is 445 g/mol. The van der Waals surface area contributed by atoms with Crippen LogP contribution in [0.3, 0.4) is 0 Å². The van der Waals surface area contributed by atoms with Gasteiger partial charge in [0.15, 0.2) is 0 Å². The molecule has 2 nitrogen and oxygen atoms in total. The largest absolute Gasteiger partial charge is 0.352 e. The number of nitriles is 1. The summed E-state index contributed by atoms with van der Waals surface area (Å²) in [5.41, 5.74) is 0. The lowest BCUT2D eigenvalue weighted by molar-refractivity contribution is 0.596. The molecule has 0 aromatic rings. The van der Waals surface area contributed by atoms with Gasteiger partial charge in [0.25, 0.3) is 6.26 Å². The molecule has 0 saturated carbocycles. The molecule has 10 heavy (non-hydrogen) atoms. The first-order valence-corrected chi connectivity index (χ1v) is 5.91. The van der Waals surface area contributed by atoms with E-state index in [1.54, 1.807) is 6.26 Å². The Balaban J connectivity index is 3.52. The van der Waals surface area contributed by atoms with Gasteiger partial charge in [-0.25, -0.2) is 0 Å². The van der Waals surface area contributed by atoms with Gasteiger partial charge in [0.2, 0.25) is 0 Å². The van der Waals surface area contributed by atoms with Crippen molar-refractivity contribution < 1.29 is 4.18 Å². The lowest BCUT2D eigenvalue weighted by Gasteiger charge is -1.94. The van der Waals surface area contributed by atoms with Crippen LogP contribution in [0.1, 0.15) is 0 Å². The maximum Gasteiger partial charge on any atom is 0.299 e. The van der Waals surface area contributed by atoms with Crippen LogP contribution in [0.5, 0.6) is 0 Å². The summed E-state index contributed by atoms with van der Waals surface area (Å²) in [5, 5.41) is 7.99. The highest BCUT2D eigenvalue weighted by molar-refractivity contribution is 14.1. The number of hydrogen-bond donors (Lipinski definition) is 0. The van der Waals surface area contributed by atoms with Gasteiger partial charge in [0.1, 0.15) is 0 Å². The highest BCUT2D eigenvalue weighted by Crippen LogP contribution is 2.27. The fraction of sp³-hybridized carbons (Fsp3) is 0.250. The molecule has 0 aliphatic carbocycles. The Morgan fingerprint density at radius 1 is 1.70 bits per heavy atom. The molecule has 0 rings (SSSR count). The van der Waals surface area contributed by atoms with Gasteiger partial charge >= 0.3 is 0 Å². The Labute approximate surface area is 99.4 Å². The molecule has 0 heterocycles. The third kappa shape index (κ3) is 6.06. The van der Waals surface area contributed by atoms with Crippen molar-refractivity contribution in [3.63, 3.8) is 0 Å². The summed E-state index contributed by atoms with van der Waals surface area (Å²) in [4.78, 5) is 0. The topological polar surface area (TPSA) is 33.0 Å². The third-order valence-corrected chi connectivity index (χ3v) is 5.43. The van der Waals surface area contributed by atoms with E-state index in [1.165, 1.54) is 0 Å². The molecular weight excluding hydrogens is 444 g/mol. The molecule has 0 aliphatic heterocycles. The van der Waals surface area contributed by atoms with E-state index in [1.807, 2.05) is 0 Å². The van der Waals surface area contributed by atoms with Crippen LogP contribution in [0.4, 0.5) is 0 Å². The van der Waals surface area contributed by atoms with Crippen LogP contribution in [0.25, 0.3) is 0 Å². The summed E-state index contributed by atoms with van der Waals surface area (Å²) >= 11 is 8.77. The molecule has 0 unspecified atom stereocenters. The van der Waals surface area contributed by atoms with Gasteiger partial charge in [-0.3, -0.25) is 0 Å². The molecule has 0 atom stereocenters. The van der Waals surface area contributed by atoms with Crippen molar-refractivity contribution in [2.75, 3.05) is 5.75 Å². The van der Waals surface area contributed by atoms with Crippen molar-refractivity contribution >= 4 is 73.2 Å². The number of nitrogens with zero attached hydrogens (tertiary/aromatic N) is 1. The van der Waals surface area contributed by atoms with Crippen LogP contribution >= 0.6 is 73.2 Å². The van der Waals surface area contributed by atoms with E-state index in [-0.39, 0.29) is 0 Å². The predicted octanol–water partition coefficient (Wildman–Crippen LogP) is 3.57. The number of hydrogen-bond acceptors (Lipinski definition) is 3. The summed E-state index contributed by atoms with van der Waals surface area (Å²) in [7, 11) is 0. The highest BCUT2D eigenvalue weighted by atomic mass is 127. The van der Waals surface area contributed by atoms with Crippen molar-refractivity contribution in [3.05, 3.63) is 6.07 Å². The maximum absolute atomic E-state index is 7.99. The zero-order valence-electron chi connectivity index (χ0n) is 4.60. The van der Waals surface area contributed by atoms with Crippen molar-refractivity contribution in [2.24, 2.45) is 0 Å². The first kappa shape index (κ1) is 11.3. The minimum Gasteiger partial charge on any atom is -0.352 e. The van der Waals surface area contributed by atoms with E-state index in [0.717, 1.165) is 18.1 Å². The van der Waals surface area contributed by atoms with Gasteiger partial charge in [-0.2, -0.15) is 0 Å². The van der Waals surface area contributed by atoms with E-state index in [4.69, 9.17) is 5.26 Å². The Morgan fingerprint density at radius 2 is 2.30 bits per heavy atom. The molecule has 56 valence electrons. The van der Waals surface area contributed by atoms with Gasteiger partial charge in [0.05, 0.1) is 20.3 Å². The summed E-state index contributed by atoms with van der Waals surface area (Å²) < 4.78 is 6.61. The highest BCUT2D eigenvalue weighted by Gasteiger charge is 1.97. The zero-order chi connectivity index (χ0) is 7.98. The van der Waals surface area contributed by atoms with Crippen molar-refractivity contribution in [3.8, 4) is 6.26 Å². The molecule has 0 radical (unpaired) electrons. The van der Waals surface area contributed by atoms with Crippen molar-refractivity contribution in [1.82, 2.24) is 0 Å². The van der Waals surface area contributed by atoms with Gasteiger partial charge in [-0.1, -0.05) is 0 Å². The van der Waals surface area contributed by atoms with Crippen LogP contribution in [-0.4, -0.2) is 5.75 Å². The van der Waals surface area contributed by atoms with Crippen LogP contribution in [0.2, 0.25) is 0 Å². The molecular formula is C4H2BrI2NOS. The standard InChI is InChI=1S/C4H2BrI2NOS/c5-4(7)3(6)1-10-9-2-8/h1H2. The average molecular weight is 446 g/mol. The van der Waals surface area contributed by atoms with Gasteiger partial charge < -0.3 is 4.18 Å². The molecule has 0 aromatic heterocycles. The number of halogens is 3.